The van der Waals surface area contributed by atoms with Crippen molar-refractivity contribution in [3.63, 3.8) is 0 Å². The monoisotopic (exact) mass is 289 g/mol. The highest BCUT2D eigenvalue weighted by Crippen LogP contribution is 2.38. The van der Waals surface area contributed by atoms with Crippen LogP contribution in [0, 0.1) is 0 Å². The molecule has 112 valence electrons. The number of rotatable bonds is 4. The van der Waals surface area contributed by atoms with Crippen molar-refractivity contribution in [2.24, 2.45) is 5.73 Å². The zero-order chi connectivity index (χ0) is 15.0. The second-order valence-electron chi connectivity index (χ2n) is 5.21. The van der Waals surface area contributed by atoms with Gasteiger partial charge in [-0.05, 0) is 19.1 Å². The first kappa shape index (κ1) is 13.9. The first-order valence-electron chi connectivity index (χ1n) is 7.07. The number of aryl methyl sites for hydroxylation is 1. The lowest BCUT2D eigenvalue weighted by molar-refractivity contribution is 0.254. The number of methoxy groups -OCH3 is 1. The van der Waals surface area contributed by atoms with Crippen LogP contribution in [-0.2, 0) is 12.8 Å². The van der Waals surface area contributed by atoms with Gasteiger partial charge in [-0.2, -0.15) is 4.98 Å². The fraction of sp³-hybridized carbons (Fsp3) is 0.467. The summed E-state index contributed by atoms with van der Waals surface area (Å²) in [6.07, 6.45) is 1.73. The average molecular weight is 289 g/mol. The Balaban J connectivity index is 1.99. The summed E-state index contributed by atoms with van der Waals surface area (Å²) in [6, 6.07) is 3.40. The lowest BCUT2D eigenvalue weighted by atomic mass is 10.0. The molecule has 0 saturated carbocycles. The second-order valence-corrected chi connectivity index (χ2v) is 5.21. The third kappa shape index (κ3) is 2.47. The number of hydrogen-bond acceptors (Lipinski definition) is 6. The minimum atomic E-state index is -0.506. The Bertz CT molecular complexity index is 654. The molecule has 2 heterocycles. The Kier molecular flexibility index (Phi) is 3.55. The highest BCUT2D eigenvalue weighted by Gasteiger charge is 2.26. The molecule has 2 unspecified atom stereocenters. The molecule has 6 heteroatoms. The molecule has 0 radical (unpaired) electrons. The molecule has 1 aromatic heterocycles. The van der Waals surface area contributed by atoms with E-state index in [0.29, 0.717) is 18.1 Å². The molecular formula is C15H19N3O3. The Morgan fingerprint density at radius 2 is 2.29 bits per heavy atom. The van der Waals surface area contributed by atoms with Crippen LogP contribution >= 0.6 is 0 Å². The Morgan fingerprint density at radius 3 is 2.95 bits per heavy atom. The first-order valence-corrected chi connectivity index (χ1v) is 7.07. The highest BCUT2D eigenvalue weighted by molar-refractivity contribution is 5.50. The third-order valence-electron chi connectivity index (χ3n) is 3.65. The molecule has 1 aromatic carbocycles. The van der Waals surface area contributed by atoms with Crippen molar-refractivity contribution < 1.29 is 14.0 Å². The van der Waals surface area contributed by atoms with Crippen LogP contribution in [0.15, 0.2) is 16.7 Å². The van der Waals surface area contributed by atoms with Crippen molar-refractivity contribution in [1.29, 1.82) is 0 Å². The quantitative estimate of drug-likeness (QED) is 0.927. The van der Waals surface area contributed by atoms with E-state index in [2.05, 4.69) is 10.1 Å². The van der Waals surface area contributed by atoms with Gasteiger partial charge in [0.15, 0.2) is 5.82 Å². The number of hydrogen-bond donors (Lipinski definition) is 1. The maximum absolute atomic E-state index is 6.27. The molecule has 0 saturated heterocycles. The lowest BCUT2D eigenvalue weighted by Gasteiger charge is -2.14. The van der Waals surface area contributed by atoms with Crippen molar-refractivity contribution in [3.8, 4) is 11.5 Å². The van der Waals surface area contributed by atoms with E-state index in [1.165, 1.54) is 0 Å². The maximum atomic E-state index is 6.27. The SMILES string of the molecule is CCc1nc(C(N)c2cc3c(cc2OC)CC(C)O3)no1. The molecule has 0 aliphatic carbocycles. The van der Waals surface area contributed by atoms with E-state index >= 15 is 0 Å². The Labute approximate surface area is 123 Å². The van der Waals surface area contributed by atoms with Gasteiger partial charge in [-0.3, -0.25) is 0 Å². The standard InChI is InChI=1S/C15H19N3O3/c1-4-13-17-15(18-21-13)14(16)10-7-11-9(5-8(2)20-11)6-12(10)19-3/h6-8,14H,4-5,16H2,1-3H3. The number of ether oxygens (including phenoxy) is 2. The van der Waals surface area contributed by atoms with Gasteiger partial charge in [0.2, 0.25) is 5.89 Å². The van der Waals surface area contributed by atoms with Crippen LogP contribution in [0.4, 0.5) is 0 Å². The lowest BCUT2D eigenvalue weighted by Crippen LogP contribution is -2.15. The molecule has 6 nitrogen and oxygen atoms in total. The summed E-state index contributed by atoms with van der Waals surface area (Å²) in [6.45, 7) is 3.99. The number of nitrogens with zero attached hydrogens (tertiary/aromatic N) is 2. The van der Waals surface area contributed by atoms with E-state index < -0.39 is 6.04 Å². The van der Waals surface area contributed by atoms with Crippen LogP contribution in [0.5, 0.6) is 11.5 Å². The fourth-order valence-electron chi connectivity index (χ4n) is 2.55. The number of benzene rings is 1. The van der Waals surface area contributed by atoms with Crippen LogP contribution in [0.2, 0.25) is 0 Å². The summed E-state index contributed by atoms with van der Waals surface area (Å²) < 4.78 is 16.4. The minimum Gasteiger partial charge on any atom is -0.496 e. The summed E-state index contributed by atoms with van der Waals surface area (Å²) >= 11 is 0. The zero-order valence-corrected chi connectivity index (χ0v) is 12.4. The number of aromatic nitrogens is 2. The van der Waals surface area contributed by atoms with E-state index in [0.717, 1.165) is 29.0 Å². The molecule has 2 N–H and O–H groups in total. The van der Waals surface area contributed by atoms with E-state index in [1.54, 1.807) is 7.11 Å². The van der Waals surface area contributed by atoms with Gasteiger partial charge in [-0.25, -0.2) is 0 Å². The van der Waals surface area contributed by atoms with Gasteiger partial charge in [-0.1, -0.05) is 12.1 Å². The number of fused-ring (bicyclic) bond motifs is 1. The van der Waals surface area contributed by atoms with Crippen molar-refractivity contribution >= 4 is 0 Å². The molecule has 0 fully saturated rings. The summed E-state index contributed by atoms with van der Waals surface area (Å²) in [4.78, 5) is 4.29. The van der Waals surface area contributed by atoms with Crippen LogP contribution in [0.25, 0.3) is 0 Å². The molecule has 2 atom stereocenters. The van der Waals surface area contributed by atoms with Gasteiger partial charge in [0.1, 0.15) is 17.6 Å². The smallest absolute Gasteiger partial charge is 0.226 e. The molecule has 3 rings (SSSR count). The van der Waals surface area contributed by atoms with Gasteiger partial charge in [-0.15, -0.1) is 0 Å². The molecule has 2 aromatic rings. The van der Waals surface area contributed by atoms with Crippen LogP contribution in [0.3, 0.4) is 0 Å². The summed E-state index contributed by atoms with van der Waals surface area (Å²) in [7, 11) is 1.63. The predicted molar refractivity (Wildman–Crippen MR) is 76.5 cm³/mol. The summed E-state index contributed by atoms with van der Waals surface area (Å²) in [5.41, 5.74) is 8.21. The van der Waals surface area contributed by atoms with Gasteiger partial charge < -0.3 is 19.7 Å². The van der Waals surface area contributed by atoms with Crippen LogP contribution in [0.1, 0.15) is 42.7 Å². The van der Waals surface area contributed by atoms with E-state index in [9.17, 15) is 0 Å². The Morgan fingerprint density at radius 1 is 1.48 bits per heavy atom. The van der Waals surface area contributed by atoms with Crippen molar-refractivity contribution in [2.45, 2.75) is 38.8 Å². The largest absolute Gasteiger partial charge is 0.496 e. The molecular weight excluding hydrogens is 270 g/mol. The van der Waals surface area contributed by atoms with E-state index in [4.69, 9.17) is 19.7 Å². The normalized spacial score (nSPS) is 18.2. The summed E-state index contributed by atoms with van der Waals surface area (Å²) in [5.74, 6) is 2.61. The minimum absolute atomic E-state index is 0.174. The third-order valence-corrected chi connectivity index (χ3v) is 3.65. The summed E-state index contributed by atoms with van der Waals surface area (Å²) in [5, 5.41) is 3.94. The van der Waals surface area contributed by atoms with Crippen molar-refractivity contribution in [1.82, 2.24) is 10.1 Å². The van der Waals surface area contributed by atoms with Crippen molar-refractivity contribution in [3.05, 3.63) is 35.0 Å². The van der Waals surface area contributed by atoms with Gasteiger partial charge in [0.25, 0.3) is 0 Å². The van der Waals surface area contributed by atoms with Gasteiger partial charge in [0.05, 0.1) is 13.2 Å². The average Bonchev–Trinajstić information content (AvgIpc) is 3.09. The second kappa shape index (κ2) is 5.37. The predicted octanol–water partition coefficient (Wildman–Crippen LogP) is 2.01. The molecule has 0 spiro atoms. The topological polar surface area (TPSA) is 83.4 Å². The first-order chi connectivity index (χ1) is 10.1. The molecule has 0 bridgehead atoms. The maximum Gasteiger partial charge on any atom is 0.226 e. The fourth-order valence-corrected chi connectivity index (χ4v) is 2.55. The van der Waals surface area contributed by atoms with Crippen LogP contribution < -0.4 is 15.2 Å². The molecule has 21 heavy (non-hydrogen) atoms. The molecule has 1 aliphatic rings. The Hall–Kier alpha value is -2.08. The van der Waals surface area contributed by atoms with E-state index in [-0.39, 0.29) is 6.10 Å². The molecule has 0 amide bonds. The highest BCUT2D eigenvalue weighted by atomic mass is 16.5. The van der Waals surface area contributed by atoms with Crippen molar-refractivity contribution in [2.75, 3.05) is 7.11 Å². The van der Waals surface area contributed by atoms with Crippen LogP contribution in [-0.4, -0.2) is 23.4 Å². The zero-order valence-electron chi connectivity index (χ0n) is 12.4. The van der Waals surface area contributed by atoms with E-state index in [1.807, 2.05) is 26.0 Å². The van der Waals surface area contributed by atoms with Gasteiger partial charge >= 0.3 is 0 Å². The number of nitrogens with two attached hydrogens (primary N) is 1. The molecule has 1 aliphatic heterocycles. The van der Waals surface area contributed by atoms with Gasteiger partial charge in [0, 0.05) is 24.0 Å².